The Labute approximate surface area is 96.4 Å². The molecule has 0 aromatic heterocycles. The first kappa shape index (κ1) is 10.9. The maximum atomic E-state index is 13.3. The summed E-state index contributed by atoms with van der Waals surface area (Å²) in [6.45, 7) is 4.01. The fraction of sp³-hybridized carbons (Fsp3) is 0.455. The normalized spacial score (nSPS) is 27.8. The Morgan fingerprint density at radius 1 is 1.47 bits per heavy atom. The Balaban J connectivity index is 2.55. The van der Waals surface area contributed by atoms with Crippen molar-refractivity contribution in [2.45, 2.75) is 25.8 Å². The lowest BCUT2D eigenvalue weighted by Crippen LogP contribution is -2.25. The molecule has 1 aliphatic rings. The zero-order valence-corrected chi connectivity index (χ0v) is 10.2. The quantitative estimate of drug-likeness (QED) is 0.827. The molecule has 1 aliphatic carbocycles. The third-order valence-electron chi connectivity index (χ3n) is 3.31. The lowest BCUT2D eigenvalue weighted by molar-refractivity contribution is 0.406. The Kier molecular flexibility index (Phi) is 2.14. The number of hydrogen-bond acceptors (Lipinski definition) is 2. The molecule has 0 saturated heterocycles. The van der Waals surface area contributed by atoms with Gasteiger partial charge in [0.2, 0.25) is 0 Å². The first-order valence-electron chi connectivity index (χ1n) is 4.75. The summed E-state index contributed by atoms with van der Waals surface area (Å²) in [6, 6.07) is 2.92. The highest BCUT2D eigenvalue weighted by Crippen LogP contribution is 2.62. The standard InChI is InChI=1S/C11H13BrFNO/c1-10(2)5-11(10,14)7-3-6(12)4-8(13)9(7)15/h3-4,15H,5,14H2,1-2H3. The van der Waals surface area contributed by atoms with Crippen LogP contribution in [0.3, 0.4) is 0 Å². The fourth-order valence-corrected chi connectivity index (χ4v) is 2.45. The molecule has 0 aliphatic heterocycles. The number of phenols is 1. The van der Waals surface area contributed by atoms with Gasteiger partial charge in [0.1, 0.15) is 0 Å². The Bertz CT molecular complexity index is 433. The van der Waals surface area contributed by atoms with Gasteiger partial charge in [-0.15, -0.1) is 0 Å². The van der Waals surface area contributed by atoms with Gasteiger partial charge in [-0.1, -0.05) is 29.8 Å². The lowest BCUT2D eigenvalue weighted by atomic mass is 9.96. The van der Waals surface area contributed by atoms with Crippen LogP contribution >= 0.6 is 15.9 Å². The third-order valence-corrected chi connectivity index (χ3v) is 3.77. The number of benzene rings is 1. The van der Waals surface area contributed by atoms with Gasteiger partial charge < -0.3 is 10.8 Å². The van der Waals surface area contributed by atoms with Crippen molar-refractivity contribution in [2.24, 2.45) is 11.1 Å². The van der Waals surface area contributed by atoms with Crippen LogP contribution in [-0.2, 0) is 5.54 Å². The molecule has 0 amide bonds. The van der Waals surface area contributed by atoms with Gasteiger partial charge in [-0.05, 0) is 24.0 Å². The molecule has 1 unspecified atom stereocenters. The third kappa shape index (κ3) is 1.47. The van der Waals surface area contributed by atoms with Crippen LogP contribution in [0.25, 0.3) is 0 Å². The van der Waals surface area contributed by atoms with E-state index >= 15 is 0 Å². The van der Waals surface area contributed by atoms with Crippen molar-refractivity contribution < 1.29 is 9.50 Å². The smallest absolute Gasteiger partial charge is 0.166 e. The number of halogens is 2. The van der Waals surface area contributed by atoms with Gasteiger partial charge in [-0.25, -0.2) is 4.39 Å². The average molecular weight is 274 g/mol. The van der Waals surface area contributed by atoms with E-state index in [0.29, 0.717) is 10.0 Å². The molecule has 3 N–H and O–H groups in total. The van der Waals surface area contributed by atoms with Gasteiger partial charge in [-0.2, -0.15) is 0 Å². The minimum atomic E-state index is -0.632. The Morgan fingerprint density at radius 2 is 2.00 bits per heavy atom. The molecule has 1 saturated carbocycles. The minimum absolute atomic E-state index is 0.0856. The van der Waals surface area contributed by atoms with E-state index < -0.39 is 11.4 Å². The van der Waals surface area contributed by atoms with Crippen LogP contribution in [0.2, 0.25) is 0 Å². The Morgan fingerprint density at radius 3 is 2.47 bits per heavy atom. The molecule has 0 bridgehead atoms. The van der Waals surface area contributed by atoms with Crippen molar-refractivity contribution in [1.82, 2.24) is 0 Å². The molecule has 82 valence electrons. The topological polar surface area (TPSA) is 46.2 Å². The highest BCUT2D eigenvalue weighted by Gasteiger charge is 2.60. The molecule has 2 nitrogen and oxygen atoms in total. The van der Waals surface area contributed by atoms with Crippen molar-refractivity contribution in [3.8, 4) is 5.75 Å². The zero-order chi connectivity index (χ0) is 11.4. The summed E-state index contributed by atoms with van der Waals surface area (Å²) >= 11 is 3.20. The second-order valence-corrected chi connectivity index (χ2v) is 5.73. The number of nitrogens with two attached hydrogens (primary N) is 1. The van der Waals surface area contributed by atoms with E-state index in [1.807, 2.05) is 13.8 Å². The summed E-state index contributed by atoms with van der Waals surface area (Å²) in [7, 11) is 0. The highest BCUT2D eigenvalue weighted by atomic mass is 79.9. The summed E-state index contributed by atoms with van der Waals surface area (Å²) in [5.74, 6) is -0.960. The van der Waals surface area contributed by atoms with Crippen LogP contribution < -0.4 is 5.73 Å². The number of aromatic hydroxyl groups is 1. The number of hydrogen-bond donors (Lipinski definition) is 2. The first-order valence-corrected chi connectivity index (χ1v) is 5.55. The van der Waals surface area contributed by atoms with E-state index in [-0.39, 0.29) is 11.2 Å². The second-order valence-electron chi connectivity index (χ2n) is 4.82. The minimum Gasteiger partial charge on any atom is -0.505 e. The molecule has 1 fully saturated rings. The van der Waals surface area contributed by atoms with Crippen LogP contribution in [0.5, 0.6) is 5.75 Å². The predicted octanol–water partition coefficient (Wildman–Crippen LogP) is 2.88. The van der Waals surface area contributed by atoms with Crippen molar-refractivity contribution in [2.75, 3.05) is 0 Å². The predicted molar refractivity (Wildman–Crippen MR) is 60.0 cm³/mol. The van der Waals surface area contributed by atoms with Crippen molar-refractivity contribution in [3.63, 3.8) is 0 Å². The first-order chi connectivity index (χ1) is 6.78. The number of rotatable bonds is 1. The van der Waals surface area contributed by atoms with Crippen molar-refractivity contribution >= 4 is 15.9 Å². The molecular weight excluding hydrogens is 261 g/mol. The van der Waals surface area contributed by atoms with Gasteiger partial charge in [0.05, 0.1) is 5.54 Å². The van der Waals surface area contributed by atoms with Crippen LogP contribution in [0.4, 0.5) is 4.39 Å². The summed E-state index contributed by atoms with van der Waals surface area (Å²) < 4.78 is 13.9. The fourth-order valence-electron chi connectivity index (χ4n) is 2.02. The number of phenolic OH excluding ortho intramolecular Hbond substituents is 1. The molecule has 0 radical (unpaired) electrons. The SMILES string of the molecule is CC1(C)CC1(N)c1cc(Br)cc(F)c1O. The van der Waals surface area contributed by atoms with Crippen LogP contribution in [0.15, 0.2) is 16.6 Å². The maximum absolute atomic E-state index is 13.3. The van der Waals surface area contributed by atoms with Crippen molar-refractivity contribution in [1.29, 1.82) is 0 Å². The van der Waals surface area contributed by atoms with Gasteiger partial charge in [0, 0.05) is 10.0 Å². The summed E-state index contributed by atoms with van der Waals surface area (Å²) in [6.07, 6.45) is 0.753. The van der Waals surface area contributed by atoms with Gasteiger partial charge in [-0.3, -0.25) is 0 Å². The van der Waals surface area contributed by atoms with Crippen LogP contribution in [0.1, 0.15) is 25.8 Å². The molecule has 1 aromatic carbocycles. The molecule has 4 heteroatoms. The molecule has 0 heterocycles. The molecule has 1 atom stereocenters. The monoisotopic (exact) mass is 273 g/mol. The maximum Gasteiger partial charge on any atom is 0.166 e. The Hall–Kier alpha value is -0.610. The summed E-state index contributed by atoms with van der Waals surface area (Å²) in [4.78, 5) is 0. The molecule has 2 rings (SSSR count). The molecule has 1 aromatic rings. The van der Waals surface area contributed by atoms with E-state index in [9.17, 15) is 9.50 Å². The molecular formula is C11H13BrFNO. The van der Waals surface area contributed by atoms with Crippen LogP contribution in [0, 0.1) is 11.2 Å². The van der Waals surface area contributed by atoms with Gasteiger partial charge >= 0.3 is 0 Å². The summed E-state index contributed by atoms with van der Waals surface area (Å²) in [5.41, 5.74) is 5.93. The molecule has 0 spiro atoms. The van der Waals surface area contributed by atoms with Gasteiger partial charge in [0.25, 0.3) is 0 Å². The van der Waals surface area contributed by atoms with Crippen molar-refractivity contribution in [3.05, 3.63) is 28.0 Å². The lowest BCUT2D eigenvalue weighted by Gasteiger charge is -2.17. The van der Waals surface area contributed by atoms with Crippen LogP contribution in [-0.4, -0.2) is 5.11 Å². The zero-order valence-electron chi connectivity index (χ0n) is 8.64. The summed E-state index contributed by atoms with van der Waals surface area (Å²) in [5, 5.41) is 9.65. The van der Waals surface area contributed by atoms with E-state index in [1.165, 1.54) is 6.07 Å². The van der Waals surface area contributed by atoms with E-state index in [2.05, 4.69) is 15.9 Å². The average Bonchev–Trinajstić information content (AvgIpc) is 2.60. The van der Waals surface area contributed by atoms with E-state index in [0.717, 1.165) is 6.42 Å². The molecule has 15 heavy (non-hydrogen) atoms. The largest absolute Gasteiger partial charge is 0.505 e. The highest BCUT2D eigenvalue weighted by molar-refractivity contribution is 9.10. The van der Waals surface area contributed by atoms with Gasteiger partial charge in [0.15, 0.2) is 11.6 Å². The second kappa shape index (κ2) is 2.95. The van der Waals surface area contributed by atoms with E-state index in [1.54, 1.807) is 6.07 Å². The van der Waals surface area contributed by atoms with E-state index in [4.69, 9.17) is 5.73 Å².